The number of halogens is 1. The van der Waals surface area contributed by atoms with Crippen molar-refractivity contribution in [2.45, 2.75) is 6.42 Å². The van der Waals surface area contributed by atoms with Crippen LogP contribution >= 0.6 is 11.6 Å². The third-order valence-corrected chi connectivity index (χ3v) is 3.12. The Balaban J connectivity index is 1.96. The van der Waals surface area contributed by atoms with E-state index in [0.717, 1.165) is 5.56 Å². The Bertz CT molecular complexity index is 636. The van der Waals surface area contributed by atoms with Crippen molar-refractivity contribution in [3.05, 3.63) is 64.7 Å². The molecule has 0 bridgehead atoms. The molecule has 1 N–H and O–H groups in total. The minimum atomic E-state index is -0.408. The van der Waals surface area contributed by atoms with Gasteiger partial charge in [0.1, 0.15) is 0 Å². The summed E-state index contributed by atoms with van der Waals surface area (Å²) in [7, 11) is 1.32. The Kier molecular flexibility index (Phi) is 4.95. The van der Waals surface area contributed by atoms with Gasteiger partial charge in [-0.2, -0.15) is 0 Å². The number of nitrogens with one attached hydrogen (secondary N) is 1. The lowest BCUT2D eigenvalue weighted by atomic mass is 10.1. The van der Waals surface area contributed by atoms with Gasteiger partial charge in [0.2, 0.25) is 5.91 Å². The SMILES string of the molecule is COC(=O)c1ccc(NC(=O)Cc2ccc(Cl)cc2)cc1. The third kappa shape index (κ3) is 4.33. The Hall–Kier alpha value is -2.33. The molecule has 0 fully saturated rings. The van der Waals surface area contributed by atoms with E-state index in [2.05, 4.69) is 10.1 Å². The fourth-order valence-corrected chi connectivity index (χ4v) is 1.93. The van der Waals surface area contributed by atoms with Gasteiger partial charge in [0, 0.05) is 10.7 Å². The topological polar surface area (TPSA) is 55.4 Å². The van der Waals surface area contributed by atoms with Crippen LogP contribution in [0.15, 0.2) is 48.5 Å². The summed E-state index contributed by atoms with van der Waals surface area (Å²) < 4.78 is 4.61. The van der Waals surface area contributed by atoms with Gasteiger partial charge in [-0.05, 0) is 42.0 Å². The van der Waals surface area contributed by atoms with Crippen molar-refractivity contribution in [2.75, 3.05) is 12.4 Å². The molecule has 1 amide bonds. The number of hydrogen-bond acceptors (Lipinski definition) is 3. The maximum absolute atomic E-state index is 11.9. The molecule has 0 aliphatic rings. The maximum Gasteiger partial charge on any atom is 0.337 e. The second kappa shape index (κ2) is 6.90. The lowest BCUT2D eigenvalue weighted by Gasteiger charge is -2.06. The van der Waals surface area contributed by atoms with Gasteiger partial charge in [-0.3, -0.25) is 4.79 Å². The summed E-state index contributed by atoms with van der Waals surface area (Å²) >= 11 is 5.79. The number of carbonyl (C=O) groups excluding carboxylic acids is 2. The molecule has 0 heterocycles. The lowest BCUT2D eigenvalue weighted by molar-refractivity contribution is -0.115. The van der Waals surface area contributed by atoms with Crippen molar-refractivity contribution >= 4 is 29.2 Å². The zero-order valence-corrected chi connectivity index (χ0v) is 12.2. The van der Waals surface area contributed by atoms with Gasteiger partial charge in [-0.15, -0.1) is 0 Å². The Morgan fingerprint density at radius 3 is 2.24 bits per heavy atom. The monoisotopic (exact) mass is 303 g/mol. The highest BCUT2D eigenvalue weighted by molar-refractivity contribution is 6.30. The van der Waals surface area contributed by atoms with Crippen LogP contribution in [0.5, 0.6) is 0 Å². The molecule has 0 aliphatic carbocycles. The molecule has 21 heavy (non-hydrogen) atoms. The second-order valence-corrected chi connectivity index (χ2v) is 4.86. The maximum atomic E-state index is 11.9. The molecule has 2 aromatic rings. The molecule has 0 spiro atoms. The second-order valence-electron chi connectivity index (χ2n) is 4.42. The number of amides is 1. The number of ether oxygens (including phenoxy) is 1. The van der Waals surface area contributed by atoms with Gasteiger partial charge in [0.25, 0.3) is 0 Å². The molecule has 0 aliphatic heterocycles. The van der Waals surface area contributed by atoms with Gasteiger partial charge in [-0.25, -0.2) is 4.79 Å². The first-order chi connectivity index (χ1) is 10.1. The molecule has 2 rings (SSSR count). The summed E-state index contributed by atoms with van der Waals surface area (Å²) in [5.41, 5.74) is 1.94. The van der Waals surface area contributed by atoms with Gasteiger partial charge >= 0.3 is 5.97 Å². The van der Waals surface area contributed by atoms with E-state index in [1.165, 1.54) is 7.11 Å². The van der Waals surface area contributed by atoms with Gasteiger partial charge in [0.05, 0.1) is 19.1 Å². The quantitative estimate of drug-likeness (QED) is 0.882. The predicted molar refractivity (Wildman–Crippen MR) is 81.6 cm³/mol. The first-order valence-electron chi connectivity index (χ1n) is 6.31. The van der Waals surface area contributed by atoms with E-state index in [4.69, 9.17) is 11.6 Å². The van der Waals surface area contributed by atoms with Gasteiger partial charge < -0.3 is 10.1 Å². The molecule has 4 nitrogen and oxygen atoms in total. The number of rotatable bonds is 4. The van der Waals surface area contributed by atoms with Crippen LogP contribution in [0.2, 0.25) is 5.02 Å². The molecule has 2 aromatic carbocycles. The molecule has 0 atom stereocenters. The predicted octanol–water partition coefficient (Wildman–Crippen LogP) is 3.31. The highest BCUT2D eigenvalue weighted by Gasteiger charge is 2.07. The number of methoxy groups -OCH3 is 1. The van der Waals surface area contributed by atoms with E-state index in [0.29, 0.717) is 16.3 Å². The fraction of sp³-hybridized carbons (Fsp3) is 0.125. The number of anilines is 1. The Morgan fingerprint density at radius 2 is 1.67 bits per heavy atom. The summed E-state index contributed by atoms with van der Waals surface area (Å²) in [6.07, 6.45) is 0.260. The molecule has 0 aromatic heterocycles. The van der Waals surface area contributed by atoms with Crippen LogP contribution in [0.25, 0.3) is 0 Å². The van der Waals surface area contributed by atoms with Crippen molar-refractivity contribution in [2.24, 2.45) is 0 Å². The van der Waals surface area contributed by atoms with Crippen molar-refractivity contribution in [1.29, 1.82) is 0 Å². The van der Waals surface area contributed by atoms with Crippen LogP contribution in [0, 0.1) is 0 Å². The summed E-state index contributed by atoms with van der Waals surface area (Å²) in [5.74, 6) is -0.544. The molecule has 5 heteroatoms. The highest BCUT2D eigenvalue weighted by Crippen LogP contribution is 2.13. The average Bonchev–Trinajstić information content (AvgIpc) is 2.49. The van der Waals surface area contributed by atoms with E-state index in [1.54, 1.807) is 36.4 Å². The van der Waals surface area contributed by atoms with Crippen molar-refractivity contribution in [3.63, 3.8) is 0 Å². The first kappa shape index (κ1) is 15.1. The largest absolute Gasteiger partial charge is 0.465 e. The lowest BCUT2D eigenvalue weighted by Crippen LogP contribution is -2.14. The van der Waals surface area contributed by atoms with Crippen LogP contribution in [-0.4, -0.2) is 19.0 Å². The summed E-state index contributed by atoms with van der Waals surface area (Å²) in [6.45, 7) is 0. The number of esters is 1. The van der Waals surface area contributed by atoms with Gasteiger partial charge in [-0.1, -0.05) is 23.7 Å². The Morgan fingerprint density at radius 1 is 1.05 bits per heavy atom. The molecule has 0 saturated heterocycles. The van der Waals surface area contributed by atoms with Crippen molar-refractivity contribution < 1.29 is 14.3 Å². The van der Waals surface area contributed by atoms with Crippen LogP contribution in [0.3, 0.4) is 0 Å². The number of hydrogen-bond donors (Lipinski definition) is 1. The van der Waals surface area contributed by atoms with E-state index >= 15 is 0 Å². The molecule has 0 radical (unpaired) electrons. The zero-order chi connectivity index (χ0) is 15.2. The summed E-state index contributed by atoms with van der Waals surface area (Å²) in [4.78, 5) is 23.2. The summed E-state index contributed by atoms with van der Waals surface area (Å²) in [5, 5.41) is 3.40. The molecule has 0 unspecified atom stereocenters. The zero-order valence-electron chi connectivity index (χ0n) is 11.4. The van der Waals surface area contributed by atoms with Crippen molar-refractivity contribution in [1.82, 2.24) is 0 Å². The highest BCUT2D eigenvalue weighted by atomic mass is 35.5. The fourth-order valence-electron chi connectivity index (χ4n) is 1.80. The standard InChI is InChI=1S/C16H14ClNO3/c1-21-16(20)12-4-8-14(9-5-12)18-15(19)10-11-2-6-13(17)7-3-11/h2-9H,10H2,1H3,(H,18,19). The van der Waals surface area contributed by atoms with Crippen LogP contribution < -0.4 is 5.32 Å². The minimum Gasteiger partial charge on any atom is -0.465 e. The van der Waals surface area contributed by atoms with E-state index in [1.807, 2.05) is 12.1 Å². The summed E-state index contributed by atoms with van der Waals surface area (Å²) in [6, 6.07) is 13.6. The van der Waals surface area contributed by atoms with Crippen LogP contribution in [-0.2, 0) is 16.0 Å². The Labute approximate surface area is 127 Å². The normalized spacial score (nSPS) is 10.0. The third-order valence-electron chi connectivity index (χ3n) is 2.87. The van der Waals surface area contributed by atoms with E-state index < -0.39 is 5.97 Å². The molecule has 0 saturated carbocycles. The number of benzene rings is 2. The van der Waals surface area contributed by atoms with Crippen LogP contribution in [0.4, 0.5) is 5.69 Å². The molecular formula is C16H14ClNO3. The molecule has 108 valence electrons. The minimum absolute atomic E-state index is 0.136. The van der Waals surface area contributed by atoms with E-state index in [-0.39, 0.29) is 12.3 Å². The first-order valence-corrected chi connectivity index (χ1v) is 6.69. The van der Waals surface area contributed by atoms with Crippen molar-refractivity contribution in [3.8, 4) is 0 Å². The van der Waals surface area contributed by atoms with Gasteiger partial charge in [0.15, 0.2) is 0 Å². The van der Waals surface area contributed by atoms with Crippen LogP contribution in [0.1, 0.15) is 15.9 Å². The smallest absolute Gasteiger partial charge is 0.337 e. The molecular weight excluding hydrogens is 290 g/mol. The number of carbonyl (C=O) groups is 2. The van der Waals surface area contributed by atoms with E-state index in [9.17, 15) is 9.59 Å². The average molecular weight is 304 g/mol.